The van der Waals surface area contributed by atoms with E-state index in [1.807, 2.05) is 45.3 Å². The van der Waals surface area contributed by atoms with Gasteiger partial charge in [-0.3, -0.25) is 4.98 Å². The van der Waals surface area contributed by atoms with Crippen molar-refractivity contribution in [2.75, 3.05) is 7.11 Å². The highest BCUT2D eigenvalue weighted by molar-refractivity contribution is 5.68. The van der Waals surface area contributed by atoms with E-state index in [1.54, 1.807) is 7.11 Å². The number of pyridine rings is 1. The average molecular weight is 411 g/mol. The number of hydrogen-bond donors (Lipinski definition) is 1. The second-order valence-corrected chi connectivity index (χ2v) is 9.17. The molecule has 1 heterocycles. The normalized spacial score (nSPS) is 19.2. The summed E-state index contributed by atoms with van der Waals surface area (Å²) in [7, 11) is 1.73. The molecule has 0 atom stereocenters. The highest BCUT2D eigenvalue weighted by Gasteiger charge is 2.25. The summed E-state index contributed by atoms with van der Waals surface area (Å²) >= 11 is 0. The number of benzene rings is 1. The summed E-state index contributed by atoms with van der Waals surface area (Å²) in [5.74, 6) is 1.63. The molecule has 0 aliphatic heterocycles. The summed E-state index contributed by atoms with van der Waals surface area (Å²) < 4.78 is 11.0. The molecular weight excluding hydrogens is 376 g/mol. The third-order valence-electron chi connectivity index (χ3n) is 5.68. The van der Waals surface area contributed by atoms with Crippen LogP contribution in [0, 0.1) is 5.92 Å². The van der Waals surface area contributed by atoms with Crippen LogP contribution in [0.1, 0.15) is 58.4 Å². The second kappa shape index (κ2) is 9.96. The van der Waals surface area contributed by atoms with E-state index >= 15 is 0 Å². The number of hydrogen-bond acceptors (Lipinski definition) is 4. The molecule has 3 rings (SSSR count). The Bertz CT molecular complexity index is 822. The molecule has 1 fully saturated rings. The quantitative estimate of drug-likeness (QED) is 0.656. The Morgan fingerprint density at radius 2 is 1.77 bits per heavy atom. The first kappa shape index (κ1) is 22.1. The van der Waals surface area contributed by atoms with Gasteiger partial charge in [-0.2, -0.15) is 0 Å². The van der Waals surface area contributed by atoms with Crippen LogP contribution in [0.4, 0.5) is 4.79 Å². The van der Waals surface area contributed by atoms with E-state index in [9.17, 15) is 4.79 Å². The molecule has 1 N–H and O–H groups in total. The molecule has 0 spiro atoms. The number of methoxy groups -OCH3 is 1. The number of amides is 1. The van der Waals surface area contributed by atoms with Gasteiger partial charge in [0.25, 0.3) is 0 Å². The number of nitrogens with one attached hydrogen (secondary N) is 1. The predicted molar refractivity (Wildman–Crippen MR) is 120 cm³/mol. The van der Waals surface area contributed by atoms with Gasteiger partial charge in [0.1, 0.15) is 11.4 Å². The van der Waals surface area contributed by atoms with Crippen LogP contribution >= 0.6 is 0 Å². The van der Waals surface area contributed by atoms with Gasteiger partial charge in [0, 0.05) is 18.4 Å². The summed E-state index contributed by atoms with van der Waals surface area (Å²) in [6, 6.07) is 10.7. The van der Waals surface area contributed by atoms with Crippen LogP contribution in [0.25, 0.3) is 11.1 Å². The van der Waals surface area contributed by atoms with Crippen molar-refractivity contribution in [2.45, 2.75) is 70.9 Å². The van der Waals surface area contributed by atoms with Crippen LogP contribution in [0.2, 0.25) is 0 Å². The summed E-state index contributed by atoms with van der Waals surface area (Å²) in [6.07, 6.45) is 9.76. The largest absolute Gasteiger partial charge is 0.496 e. The number of aryl methyl sites for hydroxylation is 1. The molecule has 1 amide bonds. The number of ether oxygens (including phenoxy) is 2. The minimum Gasteiger partial charge on any atom is -0.496 e. The predicted octanol–water partition coefficient (Wildman–Crippen LogP) is 5.77. The standard InChI is InChI=1S/C25H34N2O3/c1-25(2,3)30-24(28)27-22-10-6-18(7-11-22)5-8-21-17-20(9-12-23(21)29-4)19-13-15-26-16-14-19/h9,12-18,22H,5-8,10-11H2,1-4H3,(H,27,28). The molecule has 1 aromatic carbocycles. The summed E-state index contributed by atoms with van der Waals surface area (Å²) in [4.78, 5) is 16.1. The minimum atomic E-state index is -0.453. The minimum absolute atomic E-state index is 0.223. The highest BCUT2D eigenvalue weighted by Crippen LogP contribution is 2.32. The van der Waals surface area contributed by atoms with Crippen LogP contribution in [0.5, 0.6) is 5.75 Å². The van der Waals surface area contributed by atoms with Crippen molar-refractivity contribution in [1.29, 1.82) is 0 Å². The lowest BCUT2D eigenvalue weighted by molar-refractivity contribution is 0.0486. The second-order valence-electron chi connectivity index (χ2n) is 9.17. The number of alkyl carbamates (subject to hydrolysis) is 1. The van der Waals surface area contributed by atoms with E-state index in [-0.39, 0.29) is 12.1 Å². The van der Waals surface area contributed by atoms with E-state index < -0.39 is 5.60 Å². The van der Waals surface area contributed by atoms with Crippen molar-refractivity contribution in [1.82, 2.24) is 10.3 Å². The van der Waals surface area contributed by atoms with Crippen molar-refractivity contribution in [3.05, 3.63) is 48.3 Å². The van der Waals surface area contributed by atoms with Gasteiger partial charge in [-0.1, -0.05) is 6.07 Å². The summed E-state index contributed by atoms with van der Waals surface area (Å²) in [5.41, 5.74) is 3.16. The molecule has 2 aromatic rings. The number of rotatable bonds is 6. The first-order valence-electron chi connectivity index (χ1n) is 10.9. The fraction of sp³-hybridized carbons (Fsp3) is 0.520. The van der Waals surface area contributed by atoms with Gasteiger partial charge in [0.15, 0.2) is 0 Å². The van der Waals surface area contributed by atoms with Gasteiger partial charge in [-0.15, -0.1) is 0 Å². The van der Waals surface area contributed by atoms with Crippen LogP contribution in [-0.4, -0.2) is 29.8 Å². The molecule has 1 saturated carbocycles. The van der Waals surface area contributed by atoms with E-state index in [0.717, 1.165) is 44.3 Å². The van der Waals surface area contributed by atoms with Crippen LogP contribution in [0.3, 0.4) is 0 Å². The average Bonchev–Trinajstić information content (AvgIpc) is 2.72. The Kier molecular flexibility index (Phi) is 7.35. The number of carbonyl (C=O) groups is 1. The zero-order valence-electron chi connectivity index (χ0n) is 18.6. The van der Waals surface area contributed by atoms with Gasteiger partial charge in [0.05, 0.1) is 7.11 Å². The Hall–Kier alpha value is -2.56. The lowest BCUT2D eigenvalue weighted by Gasteiger charge is -2.30. The lowest BCUT2D eigenvalue weighted by atomic mass is 9.82. The summed E-state index contributed by atoms with van der Waals surface area (Å²) in [6.45, 7) is 5.67. The molecule has 1 aliphatic rings. The van der Waals surface area contributed by atoms with Gasteiger partial charge in [-0.25, -0.2) is 4.79 Å². The smallest absolute Gasteiger partial charge is 0.407 e. The fourth-order valence-electron chi connectivity index (χ4n) is 4.13. The molecule has 1 aliphatic carbocycles. The van der Waals surface area contributed by atoms with E-state index in [2.05, 4.69) is 28.5 Å². The maximum Gasteiger partial charge on any atom is 0.407 e. The van der Waals surface area contributed by atoms with Crippen LogP contribution in [-0.2, 0) is 11.2 Å². The molecular formula is C25H34N2O3. The van der Waals surface area contributed by atoms with Gasteiger partial charge < -0.3 is 14.8 Å². The van der Waals surface area contributed by atoms with Gasteiger partial charge >= 0.3 is 6.09 Å². The number of carbonyl (C=O) groups excluding carboxylic acids is 1. The number of aromatic nitrogens is 1. The Labute approximate surface area is 180 Å². The zero-order chi connectivity index (χ0) is 21.6. The molecule has 30 heavy (non-hydrogen) atoms. The molecule has 0 bridgehead atoms. The van der Waals surface area contributed by atoms with Crippen LogP contribution < -0.4 is 10.1 Å². The van der Waals surface area contributed by atoms with E-state index in [0.29, 0.717) is 5.92 Å². The Morgan fingerprint density at radius 1 is 1.07 bits per heavy atom. The highest BCUT2D eigenvalue weighted by atomic mass is 16.6. The van der Waals surface area contributed by atoms with Crippen molar-refractivity contribution >= 4 is 6.09 Å². The molecule has 5 heteroatoms. The van der Waals surface area contributed by atoms with Crippen molar-refractivity contribution < 1.29 is 14.3 Å². The monoisotopic (exact) mass is 410 g/mol. The summed E-state index contributed by atoms with van der Waals surface area (Å²) in [5, 5.41) is 3.03. The van der Waals surface area contributed by atoms with Crippen molar-refractivity contribution in [2.24, 2.45) is 5.92 Å². The fourth-order valence-corrected chi connectivity index (χ4v) is 4.13. The maximum absolute atomic E-state index is 12.0. The molecule has 1 aromatic heterocycles. The van der Waals surface area contributed by atoms with Crippen molar-refractivity contribution in [3.63, 3.8) is 0 Å². The van der Waals surface area contributed by atoms with Crippen molar-refractivity contribution in [3.8, 4) is 16.9 Å². The third-order valence-corrected chi connectivity index (χ3v) is 5.68. The lowest BCUT2D eigenvalue weighted by Crippen LogP contribution is -2.40. The SMILES string of the molecule is COc1ccc(-c2ccncc2)cc1CCC1CCC(NC(=O)OC(C)(C)C)CC1. The molecule has 162 valence electrons. The molecule has 5 nitrogen and oxygen atoms in total. The molecule has 0 unspecified atom stereocenters. The molecule has 0 radical (unpaired) electrons. The Morgan fingerprint density at radius 3 is 2.40 bits per heavy atom. The zero-order valence-corrected chi connectivity index (χ0v) is 18.6. The third kappa shape index (κ3) is 6.48. The van der Waals surface area contributed by atoms with Gasteiger partial charge in [0.2, 0.25) is 0 Å². The van der Waals surface area contributed by atoms with Crippen LogP contribution in [0.15, 0.2) is 42.7 Å². The molecule has 0 saturated heterocycles. The number of nitrogens with zero attached hydrogens (tertiary/aromatic N) is 1. The van der Waals surface area contributed by atoms with E-state index in [4.69, 9.17) is 9.47 Å². The van der Waals surface area contributed by atoms with Gasteiger partial charge in [-0.05, 0) is 106 Å². The Balaban J connectivity index is 1.52. The topological polar surface area (TPSA) is 60.5 Å². The van der Waals surface area contributed by atoms with E-state index in [1.165, 1.54) is 16.7 Å². The maximum atomic E-state index is 12.0. The first-order valence-corrected chi connectivity index (χ1v) is 10.9. The first-order chi connectivity index (χ1) is 14.3.